The minimum absolute atomic E-state index is 0.274. The summed E-state index contributed by atoms with van der Waals surface area (Å²) >= 11 is 5.95. The number of nitrogens with zero attached hydrogens (tertiary/aromatic N) is 2. The van der Waals surface area contributed by atoms with Crippen LogP contribution in [0.5, 0.6) is 0 Å². The van der Waals surface area contributed by atoms with Gasteiger partial charge in [0, 0.05) is 18.0 Å². The number of hydrogen-bond acceptors (Lipinski definition) is 4. The Balaban J connectivity index is 2.12. The highest BCUT2D eigenvalue weighted by atomic mass is 35.5. The van der Waals surface area contributed by atoms with Crippen LogP contribution in [0.4, 0.5) is 4.39 Å². The molecule has 4 nitrogen and oxygen atoms in total. The number of aromatic nitrogens is 2. The lowest BCUT2D eigenvalue weighted by atomic mass is 10.2. The van der Waals surface area contributed by atoms with Gasteiger partial charge in [-0.05, 0) is 38.6 Å². The zero-order valence-corrected chi connectivity index (χ0v) is 11.5. The molecule has 19 heavy (non-hydrogen) atoms. The SMILES string of the molecule is CNC(C)CCc1nc(-c2ccc(F)cc2Cl)no1. The van der Waals surface area contributed by atoms with Crippen molar-refractivity contribution in [1.82, 2.24) is 15.5 Å². The van der Waals surface area contributed by atoms with Crippen molar-refractivity contribution in [2.45, 2.75) is 25.8 Å². The van der Waals surface area contributed by atoms with Gasteiger partial charge >= 0.3 is 0 Å². The Morgan fingerprint density at radius 1 is 1.47 bits per heavy atom. The summed E-state index contributed by atoms with van der Waals surface area (Å²) in [6, 6.07) is 4.48. The van der Waals surface area contributed by atoms with E-state index < -0.39 is 0 Å². The van der Waals surface area contributed by atoms with Gasteiger partial charge in [-0.1, -0.05) is 16.8 Å². The molecule has 1 aromatic heterocycles. The van der Waals surface area contributed by atoms with Gasteiger partial charge in [0.2, 0.25) is 11.7 Å². The van der Waals surface area contributed by atoms with E-state index in [-0.39, 0.29) is 10.8 Å². The third kappa shape index (κ3) is 3.52. The molecule has 0 radical (unpaired) electrons. The summed E-state index contributed by atoms with van der Waals surface area (Å²) in [7, 11) is 1.90. The fourth-order valence-electron chi connectivity index (χ4n) is 1.62. The summed E-state index contributed by atoms with van der Waals surface area (Å²) in [6.45, 7) is 2.08. The second-order valence-corrected chi connectivity index (χ2v) is 4.77. The Morgan fingerprint density at radius 2 is 2.26 bits per heavy atom. The quantitative estimate of drug-likeness (QED) is 0.916. The van der Waals surface area contributed by atoms with Gasteiger partial charge in [0.25, 0.3) is 0 Å². The largest absolute Gasteiger partial charge is 0.339 e. The van der Waals surface area contributed by atoms with Crippen molar-refractivity contribution >= 4 is 11.6 Å². The number of hydrogen-bond donors (Lipinski definition) is 1. The average molecular weight is 284 g/mol. The van der Waals surface area contributed by atoms with Gasteiger partial charge in [-0.2, -0.15) is 4.98 Å². The molecule has 0 aliphatic heterocycles. The molecule has 0 bridgehead atoms. The molecule has 0 saturated heterocycles. The standard InChI is InChI=1S/C13H15ClFN3O/c1-8(16-2)3-6-12-17-13(18-19-12)10-5-4-9(15)7-11(10)14/h4-5,7-8,16H,3,6H2,1-2H3. The van der Waals surface area contributed by atoms with Gasteiger partial charge in [0.1, 0.15) is 5.82 Å². The summed E-state index contributed by atoms with van der Waals surface area (Å²) in [5.41, 5.74) is 0.569. The van der Waals surface area contributed by atoms with Crippen molar-refractivity contribution in [2.24, 2.45) is 0 Å². The van der Waals surface area contributed by atoms with E-state index in [4.69, 9.17) is 16.1 Å². The predicted octanol–water partition coefficient (Wildman–Crippen LogP) is 3.07. The number of benzene rings is 1. The molecule has 1 unspecified atom stereocenters. The molecule has 2 aromatic rings. The molecule has 0 aliphatic rings. The number of aryl methyl sites for hydroxylation is 1. The minimum atomic E-state index is -0.389. The first-order chi connectivity index (χ1) is 9.10. The molecule has 0 spiro atoms. The normalized spacial score (nSPS) is 12.6. The highest BCUT2D eigenvalue weighted by Crippen LogP contribution is 2.26. The Kier molecular flexibility index (Phi) is 4.50. The Hall–Kier alpha value is -1.46. The third-order valence-electron chi connectivity index (χ3n) is 2.92. The summed E-state index contributed by atoms with van der Waals surface area (Å²) in [4.78, 5) is 4.26. The highest BCUT2D eigenvalue weighted by molar-refractivity contribution is 6.33. The zero-order valence-electron chi connectivity index (χ0n) is 10.8. The smallest absolute Gasteiger partial charge is 0.227 e. The topological polar surface area (TPSA) is 51.0 Å². The summed E-state index contributed by atoms with van der Waals surface area (Å²) in [6.07, 6.45) is 1.59. The Morgan fingerprint density at radius 3 is 2.95 bits per heavy atom. The van der Waals surface area contributed by atoms with Crippen LogP contribution in [0.25, 0.3) is 11.4 Å². The van der Waals surface area contributed by atoms with E-state index in [9.17, 15) is 4.39 Å². The van der Waals surface area contributed by atoms with Crippen molar-refractivity contribution in [3.05, 3.63) is 34.9 Å². The first-order valence-corrected chi connectivity index (χ1v) is 6.43. The molecule has 1 atom stereocenters. The fraction of sp³-hybridized carbons (Fsp3) is 0.385. The molecule has 0 amide bonds. The van der Waals surface area contributed by atoms with Crippen LogP contribution < -0.4 is 5.32 Å². The van der Waals surface area contributed by atoms with E-state index in [1.54, 1.807) is 6.07 Å². The summed E-state index contributed by atoms with van der Waals surface area (Å²) < 4.78 is 18.1. The molecule has 1 N–H and O–H groups in total. The van der Waals surface area contributed by atoms with Crippen LogP contribution in [-0.4, -0.2) is 23.2 Å². The molecule has 102 valence electrons. The number of nitrogens with one attached hydrogen (secondary N) is 1. The second kappa shape index (κ2) is 6.12. The van der Waals surface area contributed by atoms with E-state index in [0.29, 0.717) is 29.7 Å². The maximum Gasteiger partial charge on any atom is 0.227 e. The average Bonchev–Trinajstić information content (AvgIpc) is 2.84. The van der Waals surface area contributed by atoms with Crippen molar-refractivity contribution in [3.63, 3.8) is 0 Å². The maximum atomic E-state index is 13.0. The van der Waals surface area contributed by atoms with Gasteiger partial charge in [-0.25, -0.2) is 4.39 Å². The van der Waals surface area contributed by atoms with Crippen LogP contribution in [-0.2, 0) is 6.42 Å². The van der Waals surface area contributed by atoms with Gasteiger partial charge in [-0.3, -0.25) is 0 Å². The number of rotatable bonds is 5. The molecule has 1 aromatic carbocycles. The first kappa shape index (κ1) is 14.0. The van der Waals surface area contributed by atoms with Gasteiger partial charge in [0.15, 0.2) is 0 Å². The monoisotopic (exact) mass is 283 g/mol. The van der Waals surface area contributed by atoms with E-state index in [1.807, 2.05) is 7.05 Å². The van der Waals surface area contributed by atoms with Crippen molar-refractivity contribution in [2.75, 3.05) is 7.05 Å². The van der Waals surface area contributed by atoms with Crippen molar-refractivity contribution in [1.29, 1.82) is 0 Å². The summed E-state index contributed by atoms with van der Waals surface area (Å²) in [5, 5.41) is 7.28. The Labute approximate surface area is 116 Å². The van der Waals surface area contributed by atoms with E-state index in [1.165, 1.54) is 12.1 Å². The summed E-state index contributed by atoms with van der Waals surface area (Å²) in [5.74, 6) is 0.551. The fourth-order valence-corrected chi connectivity index (χ4v) is 1.87. The lowest BCUT2D eigenvalue weighted by molar-refractivity contribution is 0.369. The minimum Gasteiger partial charge on any atom is -0.339 e. The molecule has 0 saturated carbocycles. The lowest BCUT2D eigenvalue weighted by Crippen LogP contribution is -2.21. The second-order valence-electron chi connectivity index (χ2n) is 4.36. The van der Waals surface area contributed by atoms with Crippen molar-refractivity contribution in [3.8, 4) is 11.4 Å². The molecule has 0 aliphatic carbocycles. The lowest BCUT2D eigenvalue weighted by Gasteiger charge is -2.06. The molecular formula is C13H15ClFN3O. The van der Waals surface area contributed by atoms with E-state index in [2.05, 4.69) is 22.4 Å². The van der Waals surface area contributed by atoms with Gasteiger partial charge in [0.05, 0.1) is 5.02 Å². The molecule has 1 heterocycles. The third-order valence-corrected chi connectivity index (χ3v) is 3.24. The van der Waals surface area contributed by atoms with E-state index >= 15 is 0 Å². The maximum absolute atomic E-state index is 13.0. The van der Waals surface area contributed by atoms with Gasteiger partial charge < -0.3 is 9.84 Å². The molecule has 0 fully saturated rings. The highest BCUT2D eigenvalue weighted by Gasteiger charge is 2.13. The van der Waals surface area contributed by atoms with Gasteiger partial charge in [-0.15, -0.1) is 0 Å². The van der Waals surface area contributed by atoms with Crippen LogP contribution in [0, 0.1) is 5.82 Å². The van der Waals surface area contributed by atoms with Crippen LogP contribution in [0.15, 0.2) is 22.7 Å². The first-order valence-electron chi connectivity index (χ1n) is 6.05. The van der Waals surface area contributed by atoms with Crippen LogP contribution in [0.2, 0.25) is 5.02 Å². The van der Waals surface area contributed by atoms with E-state index in [0.717, 1.165) is 6.42 Å². The van der Waals surface area contributed by atoms with Crippen LogP contribution >= 0.6 is 11.6 Å². The molecule has 6 heteroatoms. The Bertz CT molecular complexity index is 559. The predicted molar refractivity (Wildman–Crippen MR) is 71.5 cm³/mol. The molecular weight excluding hydrogens is 269 g/mol. The van der Waals surface area contributed by atoms with Crippen molar-refractivity contribution < 1.29 is 8.91 Å². The zero-order chi connectivity index (χ0) is 13.8. The number of halogens is 2. The van der Waals surface area contributed by atoms with Crippen LogP contribution in [0.1, 0.15) is 19.2 Å². The molecule has 2 rings (SSSR count). The van der Waals surface area contributed by atoms with Crippen LogP contribution in [0.3, 0.4) is 0 Å².